The third-order valence-electron chi connectivity index (χ3n) is 4.13. The number of rotatable bonds is 6. The quantitative estimate of drug-likeness (QED) is 0.406. The van der Waals surface area contributed by atoms with E-state index in [2.05, 4.69) is 52.9 Å². The molecule has 7 nitrogen and oxygen atoms in total. The van der Waals surface area contributed by atoms with E-state index in [1.165, 1.54) is 0 Å². The molecule has 0 aliphatic carbocycles. The predicted octanol–water partition coefficient (Wildman–Crippen LogP) is 3.86. The fraction of sp³-hybridized carbons (Fsp3) is 0.318. The van der Waals surface area contributed by atoms with Crippen molar-refractivity contribution in [3.63, 3.8) is 0 Å². The number of hydrazine groups is 1. The number of nitrogens with one attached hydrogen (secondary N) is 3. The first-order valence-corrected chi connectivity index (χ1v) is 10.9. The van der Waals surface area contributed by atoms with Gasteiger partial charge in [0.2, 0.25) is 0 Å². The minimum absolute atomic E-state index is 0.00774. The van der Waals surface area contributed by atoms with Crippen LogP contribution in [0, 0.1) is 0 Å². The zero-order chi connectivity index (χ0) is 23.0. The molecular weight excluding hydrogens is 482 g/mol. The molecule has 0 aliphatic heterocycles. The van der Waals surface area contributed by atoms with Crippen molar-refractivity contribution in [1.29, 1.82) is 0 Å². The van der Waals surface area contributed by atoms with Gasteiger partial charge in [-0.25, -0.2) is 0 Å². The molecule has 3 N–H and O–H groups in total. The lowest BCUT2D eigenvalue weighted by molar-refractivity contribution is -0.123. The normalized spacial score (nSPS) is 10.7. The molecule has 0 heterocycles. The molecule has 9 heteroatoms. The van der Waals surface area contributed by atoms with E-state index < -0.39 is 11.8 Å². The molecule has 0 bridgehead atoms. The highest BCUT2D eigenvalue weighted by Gasteiger charge is 2.16. The highest BCUT2D eigenvalue weighted by atomic mass is 79.9. The minimum Gasteiger partial charge on any atom is -0.494 e. The first-order chi connectivity index (χ1) is 14.6. The van der Waals surface area contributed by atoms with Crippen molar-refractivity contribution in [2.75, 3.05) is 13.2 Å². The Labute approximate surface area is 196 Å². The number of thiocarbonyl (C=S) groups is 1. The van der Waals surface area contributed by atoms with Crippen LogP contribution in [-0.2, 0) is 10.2 Å². The Kier molecular flexibility index (Phi) is 8.82. The topological polar surface area (TPSA) is 88.7 Å². The number of carbonyl (C=O) groups excluding carboxylic acids is 2. The van der Waals surface area contributed by atoms with Crippen molar-refractivity contribution >= 4 is 45.1 Å². The summed E-state index contributed by atoms with van der Waals surface area (Å²) in [6.07, 6.45) is 0. The van der Waals surface area contributed by atoms with Crippen LogP contribution in [0.5, 0.6) is 11.5 Å². The summed E-state index contributed by atoms with van der Waals surface area (Å²) in [5, 5.41) is 2.44. The molecule has 0 aromatic heterocycles. The summed E-state index contributed by atoms with van der Waals surface area (Å²) < 4.78 is 11.6. The zero-order valence-electron chi connectivity index (χ0n) is 17.9. The summed E-state index contributed by atoms with van der Waals surface area (Å²) in [6, 6.07) is 12.4. The third kappa shape index (κ3) is 7.84. The largest absolute Gasteiger partial charge is 0.494 e. The van der Waals surface area contributed by atoms with Crippen molar-refractivity contribution in [2.24, 2.45) is 0 Å². The first-order valence-electron chi connectivity index (χ1n) is 9.66. The van der Waals surface area contributed by atoms with E-state index in [-0.39, 0.29) is 17.1 Å². The number of hydrogen-bond donors (Lipinski definition) is 3. The highest BCUT2D eigenvalue weighted by Crippen LogP contribution is 2.31. The molecular formula is C22H26BrN3O4S. The van der Waals surface area contributed by atoms with Gasteiger partial charge < -0.3 is 9.47 Å². The summed E-state index contributed by atoms with van der Waals surface area (Å²) in [6.45, 7) is 8.55. The average molecular weight is 508 g/mol. The van der Waals surface area contributed by atoms with E-state index in [0.717, 1.165) is 10.0 Å². The Morgan fingerprint density at radius 2 is 1.71 bits per heavy atom. The molecule has 0 fully saturated rings. The van der Waals surface area contributed by atoms with E-state index in [4.69, 9.17) is 21.7 Å². The van der Waals surface area contributed by atoms with Crippen LogP contribution in [-0.4, -0.2) is 30.1 Å². The maximum absolute atomic E-state index is 12.2. The molecule has 0 saturated heterocycles. The predicted molar refractivity (Wildman–Crippen MR) is 127 cm³/mol. The molecule has 2 aromatic rings. The molecule has 2 aromatic carbocycles. The van der Waals surface area contributed by atoms with Gasteiger partial charge >= 0.3 is 0 Å². The molecule has 2 rings (SSSR count). The Morgan fingerprint density at radius 3 is 2.29 bits per heavy atom. The molecule has 166 valence electrons. The molecule has 31 heavy (non-hydrogen) atoms. The Bertz CT molecular complexity index is 943. The summed E-state index contributed by atoms with van der Waals surface area (Å²) >= 11 is 8.50. The Balaban J connectivity index is 1.78. The zero-order valence-corrected chi connectivity index (χ0v) is 20.3. The lowest BCUT2D eigenvalue weighted by atomic mass is 9.87. The van der Waals surface area contributed by atoms with Gasteiger partial charge in [0.25, 0.3) is 11.8 Å². The van der Waals surface area contributed by atoms with E-state index in [0.29, 0.717) is 23.7 Å². The van der Waals surface area contributed by atoms with E-state index >= 15 is 0 Å². The second-order valence-corrected chi connectivity index (χ2v) is 8.86. The Hall–Kier alpha value is -2.65. The second-order valence-electron chi connectivity index (χ2n) is 7.60. The van der Waals surface area contributed by atoms with Crippen LogP contribution in [0.3, 0.4) is 0 Å². The van der Waals surface area contributed by atoms with Crippen molar-refractivity contribution < 1.29 is 19.1 Å². The minimum atomic E-state index is -0.454. The maximum atomic E-state index is 12.2. The molecule has 0 unspecified atom stereocenters. The van der Waals surface area contributed by atoms with Crippen LogP contribution < -0.4 is 25.6 Å². The van der Waals surface area contributed by atoms with Crippen LogP contribution in [0.1, 0.15) is 43.6 Å². The lowest BCUT2D eigenvalue weighted by Crippen LogP contribution is -2.49. The molecule has 0 radical (unpaired) electrons. The van der Waals surface area contributed by atoms with Gasteiger partial charge in [-0.2, -0.15) is 0 Å². The van der Waals surface area contributed by atoms with Gasteiger partial charge in [0.15, 0.2) is 11.7 Å². The fourth-order valence-electron chi connectivity index (χ4n) is 2.47. The Morgan fingerprint density at radius 1 is 1.03 bits per heavy atom. The van der Waals surface area contributed by atoms with Crippen molar-refractivity contribution in [3.05, 3.63) is 58.1 Å². The average Bonchev–Trinajstić information content (AvgIpc) is 2.71. The SMILES string of the molecule is CCOc1ccc(C(=O)NC(=S)NNC(=O)COc2ccc(C(C)(C)C)cc2Br)cc1. The first kappa shape index (κ1) is 24.6. The van der Waals surface area contributed by atoms with Crippen molar-refractivity contribution in [3.8, 4) is 11.5 Å². The van der Waals surface area contributed by atoms with Gasteiger partial charge in [-0.15, -0.1) is 0 Å². The van der Waals surface area contributed by atoms with Gasteiger partial charge in [0.1, 0.15) is 11.5 Å². The highest BCUT2D eigenvalue weighted by molar-refractivity contribution is 9.10. The standard InChI is InChI=1S/C22H26BrN3O4S/c1-5-29-16-9-6-14(7-10-16)20(28)24-21(31)26-25-19(27)13-30-18-11-8-15(12-17(18)23)22(2,3)4/h6-12H,5,13H2,1-4H3,(H,25,27)(H2,24,26,28,31). The van der Waals surface area contributed by atoms with Crippen LogP contribution >= 0.6 is 28.1 Å². The monoisotopic (exact) mass is 507 g/mol. The number of ether oxygens (including phenoxy) is 2. The maximum Gasteiger partial charge on any atom is 0.276 e. The molecule has 2 amide bonds. The number of hydrogen-bond acceptors (Lipinski definition) is 5. The van der Waals surface area contributed by atoms with Crippen LogP contribution in [0.25, 0.3) is 0 Å². The molecule has 0 aliphatic rings. The van der Waals surface area contributed by atoms with E-state index in [1.807, 2.05) is 25.1 Å². The second kappa shape index (κ2) is 11.1. The van der Waals surface area contributed by atoms with Gasteiger partial charge in [-0.05, 0) is 82.4 Å². The van der Waals surface area contributed by atoms with Crippen LogP contribution in [0.15, 0.2) is 46.9 Å². The number of amides is 2. The smallest absolute Gasteiger partial charge is 0.276 e. The van der Waals surface area contributed by atoms with Gasteiger partial charge in [0.05, 0.1) is 11.1 Å². The van der Waals surface area contributed by atoms with Crippen molar-refractivity contribution in [1.82, 2.24) is 16.2 Å². The molecule has 0 saturated carbocycles. The van der Waals surface area contributed by atoms with Crippen LogP contribution in [0.2, 0.25) is 0 Å². The molecule has 0 spiro atoms. The lowest BCUT2D eigenvalue weighted by Gasteiger charge is -2.20. The van der Waals surface area contributed by atoms with Crippen molar-refractivity contribution in [2.45, 2.75) is 33.1 Å². The van der Waals surface area contributed by atoms with Gasteiger partial charge in [0, 0.05) is 5.56 Å². The third-order valence-corrected chi connectivity index (χ3v) is 4.95. The summed E-state index contributed by atoms with van der Waals surface area (Å²) in [4.78, 5) is 24.2. The summed E-state index contributed by atoms with van der Waals surface area (Å²) in [5.74, 6) is 0.361. The number of benzene rings is 2. The molecule has 0 atom stereocenters. The fourth-order valence-corrected chi connectivity index (χ4v) is 3.10. The number of carbonyl (C=O) groups is 2. The summed E-state index contributed by atoms with van der Waals surface area (Å²) in [5.41, 5.74) is 6.42. The number of halogens is 1. The van der Waals surface area contributed by atoms with E-state index in [1.54, 1.807) is 24.3 Å². The van der Waals surface area contributed by atoms with Gasteiger partial charge in [-0.3, -0.25) is 25.8 Å². The summed E-state index contributed by atoms with van der Waals surface area (Å²) in [7, 11) is 0. The van der Waals surface area contributed by atoms with E-state index in [9.17, 15) is 9.59 Å². The van der Waals surface area contributed by atoms with Crippen LogP contribution in [0.4, 0.5) is 0 Å². The van der Waals surface area contributed by atoms with Gasteiger partial charge in [-0.1, -0.05) is 26.8 Å².